The Labute approximate surface area is 125 Å². The zero-order valence-corrected chi connectivity index (χ0v) is 12.9. The maximum atomic E-state index is 12.3. The maximum absolute atomic E-state index is 12.3. The summed E-state index contributed by atoms with van der Waals surface area (Å²) in [7, 11) is -3.76. The van der Waals surface area contributed by atoms with Gasteiger partial charge >= 0.3 is 0 Å². The van der Waals surface area contributed by atoms with Crippen molar-refractivity contribution < 1.29 is 13.3 Å². The number of aromatic nitrogens is 1. The largest absolute Gasteiger partial charge is 0.272 e. The van der Waals surface area contributed by atoms with Crippen LogP contribution in [0.1, 0.15) is 23.5 Å². The number of hydrogen-bond acceptors (Lipinski definition) is 6. The number of rotatable bonds is 5. The van der Waals surface area contributed by atoms with E-state index in [1.54, 1.807) is 18.5 Å². The van der Waals surface area contributed by atoms with Crippen LogP contribution in [0.15, 0.2) is 34.7 Å². The first kappa shape index (κ1) is 15.5. The number of nitrogens with zero attached hydrogens (tertiary/aromatic N) is 2. The van der Waals surface area contributed by atoms with Gasteiger partial charge in [0.25, 0.3) is 5.69 Å². The number of aryl methyl sites for hydroxylation is 1. The molecule has 1 N–H and O–H groups in total. The lowest BCUT2D eigenvalue weighted by atomic mass is 10.2. The first-order chi connectivity index (χ1) is 9.81. The van der Waals surface area contributed by atoms with Crippen molar-refractivity contribution in [1.29, 1.82) is 0 Å². The molecule has 1 heterocycles. The monoisotopic (exact) mass is 327 g/mol. The van der Waals surface area contributed by atoms with Crippen LogP contribution in [0.5, 0.6) is 0 Å². The molecule has 1 aromatic carbocycles. The minimum Gasteiger partial charge on any atom is -0.258 e. The van der Waals surface area contributed by atoms with Crippen molar-refractivity contribution in [3.05, 3.63) is 50.5 Å². The Balaban J connectivity index is 2.28. The number of nitro groups is 1. The van der Waals surface area contributed by atoms with Gasteiger partial charge in [-0.2, -0.15) is 0 Å². The van der Waals surface area contributed by atoms with Gasteiger partial charge < -0.3 is 0 Å². The molecule has 2 rings (SSSR count). The summed E-state index contributed by atoms with van der Waals surface area (Å²) < 4.78 is 27.0. The number of benzene rings is 1. The third-order valence-electron chi connectivity index (χ3n) is 2.83. The molecule has 1 aromatic heterocycles. The second-order valence-corrected chi connectivity index (χ2v) is 7.06. The smallest absolute Gasteiger partial charge is 0.258 e. The first-order valence-corrected chi connectivity index (χ1v) is 8.34. The summed E-state index contributed by atoms with van der Waals surface area (Å²) >= 11 is 1.35. The second kappa shape index (κ2) is 5.88. The summed E-state index contributed by atoms with van der Waals surface area (Å²) in [4.78, 5) is 14.3. The molecule has 0 bridgehead atoms. The Hall–Kier alpha value is -1.84. The molecule has 1 atom stereocenters. The SMILES string of the molecule is Cc1cc(S(=O)(=O)NC(C)c2nccs2)ccc1[N+](=O)[O-]. The van der Waals surface area contributed by atoms with Crippen LogP contribution in [0, 0.1) is 17.0 Å². The molecule has 9 heteroatoms. The van der Waals surface area contributed by atoms with Gasteiger partial charge in [0.1, 0.15) is 5.01 Å². The van der Waals surface area contributed by atoms with Crippen LogP contribution in [-0.2, 0) is 10.0 Å². The summed E-state index contributed by atoms with van der Waals surface area (Å²) in [5.41, 5.74) is 0.187. The zero-order valence-electron chi connectivity index (χ0n) is 11.3. The molecule has 0 saturated carbocycles. The fraction of sp³-hybridized carbons (Fsp3) is 0.250. The number of hydrogen-bond donors (Lipinski definition) is 1. The Morgan fingerprint density at radius 3 is 2.67 bits per heavy atom. The number of thiazole rings is 1. The molecule has 1 unspecified atom stereocenters. The molecule has 2 aromatic rings. The van der Waals surface area contributed by atoms with E-state index in [2.05, 4.69) is 9.71 Å². The lowest BCUT2D eigenvalue weighted by Crippen LogP contribution is -2.26. The van der Waals surface area contributed by atoms with Crippen molar-refractivity contribution in [1.82, 2.24) is 9.71 Å². The van der Waals surface area contributed by atoms with Crippen LogP contribution < -0.4 is 4.72 Å². The fourth-order valence-electron chi connectivity index (χ4n) is 1.80. The topological polar surface area (TPSA) is 102 Å². The maximum Gasteiger partial charge on any atom is 0.272 e. The van der Waals surface area contributed by atoms with Crippen LogP contribution in [0.3, 0.4) is 0 Å². The molecule has 0 spiro atoms. The molecule has 7 nitrogen and oxygen atoms in total. The van der Waals surface area contributed by atoms with E-state index < -0.39 is 21.0 Å². The molecule has 0 fully saturated rings. The van der Waals surface area contributed by atoms with Crippen LogP contribution in [0.25, 0.3) is 0 Å². The van der Waals surface area contributed by atoms with E-state index in [1.807, 2.05) is 0 Å². The second-order valence-electron chi connectivity index (χ2n) is 4.42. The quantitative estimate of drug-likeness (QED) is 0.671. The Bertz CT molecular complexity index is 757. The Kier molecular flexibility index (Phi) is 4.35. The van der Waals surface area contributed by atoms with Gasteiger partial charge in [0.2, 0.25) is 10.0 Å². The van der Waals surface area contributed by atoms with Gasteiger partial charge in [-0.1, -0.05) is 0 Å². The van der Waals surface area contributed by atoms with Gasteiger partial charge in [0.05, 0.1) is 15.9 Å². The van der Waals surface area contributed by atoms with Gasteiger partial charge in [-0.3, -0.25) is 10.1 Å². The summed E-state index contributed by atoms with van der Waals surface area (Å²) in [6.07, 6.45) is 1.60. The lowest BCUT2D eigenvalue weighted by Gasteiger charge is -2.12. The molecular formula is C12H13N3O4S2. The average molecular weight is 327 g/mol. The van der Waals surface area contributed by atoms with Crippen LogP contribution >= 0.6 is 11.3 Å². The van der Waals surface area contributed by atoms with Crippen LogP contribution in [0.2, 0.25) is 0 Å². The number of sulfonamides is 1. The highest BCUT2D eigenvalue weighted by molar-refractivity contribution is 7.89. The van der Waals surface area contributed by atoms with Crippen LogP contribution in [0.4, 0.5) is 5.69 Å². The van der Waals surface area contributed by atoms with Gasteiger partial charge in [-0.15, -0.1) is 11.3 Å². The minimum absolute atomic E-state index is 0.00555. The molecule has 0 saturated heterocycles. The Morgan fingerprint density at radius 2 is 2.14 bits per heavy atom. The summed E-state index contributed by atoms with van der Waals surface area (Å²) in [5, 5.41) is 13.2. The highest BCUT2D eigenvalue weighted by Gasteiger charge is 2.22. The predicted octanol–water partition coefficient (Wildman–Crippen LogP) is 2.40. The molecule has 112 valence electrons. The van der Waals surface area contributed by atoms with Crippen molar-refractivity contribution in [3.8, 4) is 0 Å². The average Bonchev–Trinajstić information content (AvgIpc) is 2.91. The standard InChI is InChI=1S/C12H13N3O4S2/c1-8-7-10(3-4-11(8)15(16)17)21(18,19)14-9(2)12-13-5-6-20-12/h3-7,9,14H,1-2H3. The van der Waals surface area contributed by atoms with Gasteiger partial charge in [0, 0.05) is 23.2 Å². The fourth-order valence-corrected chi connectivity index (χ4v) is 3.81. The molecule has 0 aliphatic heterocycles. The molecule has 0 aliphatic rings. The number of nitrogens with one attached hydrogen (secondary N) is 1. The molecule has 0 radical (unpaired) electrons. The van der Waals surface area contributed by atoms with E-state index in [4.69, 9.17) is 0 Å². The van der Waals surface area contributed by atoms with Gasteiger partial charge in [0.15, 0.2) is 0 Å². The van der Waals surface area contributed by atoms with Crippen LogP contribution in [-0.4, -0.2) is 18.3 Å². The Morgan fingerprint density at radius 1 is 1.43 bits per heavy atom. The van der Waals surface area contributed by atoms with Gasteiger partial charge in [-0.25, -0.2) is 18.1 Å². The first-order valence-electron chi connectivity index (χ1n) is 5.98. The van der Waals surface area contributed by atoms with Gasteiger partial charge in [-0.05, 0) is 26.0 Å². The van der Waals surface area contributed by atoms with E-state index in [1.165, 1.54) is 36.5 Å². The number of nitro benzene ring substituents is 1. The molecule has 0 aliphatic carbocycles. The van der Waals surface area contributed by atoms with E-state index in [-0.39, 0.29) is 10.6 Å². The lowest BCUT2D eigenvalue weighted by molar-refractivity contribution is -0.385. The van der Waals surface area contributed by atoms with Crippen molar-refractivity contribution in [2.45, 2.75) is 24.8 Å². The third-order valence-corrected chi connectivity index (χ3v) is 5.33. The minimum atomic E-state index is -3.76. The highest BCUT2D eigenvalue weighted by Crippen LogP contribution is 2.23. The van der Waals surface area contributed by atoms with E-state index in [0.29, 0.717) is 10.6 Å². The van der Waals surface area contributed by atoms with E-state index in [9.17, 15) is 18.5 Å². The van der Waals surface area contributed by atoms with E-state index in [0.717, 1.165) is 0 Å². The van der Waals surface area contributed by atoms with Crippen molar-refractivity contribution in [2.24, 2.45) is 0 Å². The molecular weight excluding hydrogens is 314 g/mol. The molecule has 21 heavy (non-hydrogen) atoms. The summed E-state index contributed by atoms with van der Waals surface area (Å²) in [5.74, 6) is 0. The third kappa shape index (κ3) is 3.43. The van der Waals surface area contributed by atoms with Crippen molar-refractivity contribution >= 4 is 27.0 Å². The van der Waals surface area contributed by atoms with E-state index >= 15 is 0 Å². The predicted molar refractivity (Wildman–Crippen MR) is 78.7 cm³/mol. The molecule has 0 amide bonds. The summed E-state index contributed by atoms with van der Waals surface area (Å²) in [6, 6.07) is 3.24. The zero-order chi connectivity index (χ0) is 15.6. The summed E-state index contributed by atoms with van der Waals surface area (Å²) in [6.45, 7) is 3.19. The van der Waals surface area contributed by atoms with Crippen molar-refractivity contribution in [2.75, 3.05) is 0 Å². The normalized spacial score (nSPS) is 13.0. The highest BCUT2D eigenvalue weighted by atomic mass is 32.2. The van der Waals surface area contributed by atoms with Crippen molar-refractivity contribution in [3.63, 3.8) is 0 Å².